The molecule has 1 atom stereocenters. The molecule has 1 heterocycles. The van der Waals surface area contributed by atoms with Crippen molar-refractivity contribution in [3.8, 4) is 0 Å². The highest BCUT2D eigenvalue weighted by Gasteiger charge is 2.25. The third-order valence-corrected chi connectivity index (χ3v) is 2.84. The topological polar surface area (TPSA) is 77.1 Å². The zero-order valence-electron chi connectivity index (χ0n) is 10.5. The van der Waals surface area contributed by atoms with Crippen molar-refractivity contribution in [3.63, 3.8) is 0 Å². The van der Waals surface area contributed by atoms with Crippen LogP contribution >= 0.6 is 0 Å². The van der Waals surface area contributed by atoms with Gasteiger partial charge in [-0.1, -0.05) is 6.92 Å². The van der Waals surface area contributed by atoms with E-state index in [1.54, 1.807) is 19.2 Å². The fourth-order valence-corrected chi connectivity index (χ4v) is 1.29. The normalized spacial score (nSPS) is 14.1. The largest absolute Gasteiger partial charge is 0.323 e. The maximum Gasteiger partial charge on any atom is 0.250 e. The van der Waals surface area contributed by atoms with Gasteiger partial charge in [0.15, 0.2) is 0 Å². The number of anilines is 1. The molecule has 0 aliphatic carbocycles. The second-order valence-corrected chi connectivity index (χ2v) is 4.27. The van der Waals surface area contributed by atoms with Gasteiger partial charge < -0.3 is 15.6 Å². The molecule has 1 aromatic rings. The van der Waals surface area contributed by atoms with E-state index in [0.29, 0.717) is 18.7 Å². The van der Waals surface area contributed by atoms with Gasteiger partial charge in [-0.2, -0.15) is 0 Å². The van der Waals surface area contributed by atoms with Crippen molar-refractivity contribution in [2.24, 2.45) is 5.73 Å². The quantitative estimate of drug-likeness (QED) is 0.818. The molecule has 94 valence electrons. The zero-order valence-corrected chi connectivity index (χ0v) is 10.5. The first-order chi connectivity index (χ1) is 7.90. The van der Waals surface area contributed by atoms with Crippen LogP contribution in [-0.2, 0) is 11.3 Å². The summed E-state index contributed by atoms with van der Waals surface area (Å²) in [6.07, 6.45) is 2.16. The lowest BCUT2D eigenvalue weighted by atomic mass is 9.99. The molecule has 1 aromatic heterocycles. The molecule has 0 bridgehead atoms. The van der Waals surface area contributed by atoms with Crippen molar-refractivity contribution >= 4 is 11.6 Å². The molecule has 0 radical (unpaired) electrons. The molecule has 0 aliphatic rings. The van der Waals surface area contributed by atoms with Crippen LogP contribution in [0.15, 0.2) is 23.1 Å². The average Bonchev–Trinajstić information content (AvgIpc) is 2.31. The van der Waals surface area contributed by atoms with Crippen LogP contribution < -0.4 is 16.6 Å². The van der Waals surface area contributed by atoms with E-state index in [-0.39, 0.29) is 11.5 Å². The van der Waals surface area contributed by atoms with Crippen LogP contribution in [0.2, 0.25) is 0 Å². The van der Waals surface area contributed by atoms with Crippen LogP contribution in [-0.4, -0.2) is 16.0 Å². The Labute approximate surface area is 101 Å². The number of carbonyl (C=O) groups excluding carboxylic acids is 1. The second-order valence-electron chi connectivity index (χ2n) is 4.27. The molecule has 1 rings (SSSR count). The smallest absolute Gasteiger partial charge is 0.250 e. The molecule has 0 spiro atoms. The van der Waals surface area contributed by atoms with E-state index in [4.69, 9.17) is 5.73 Å². The Morgan fingerprint density at radius 1 is 1.47 bits per heavy atom. The number of carbonyl (C=O) groups is 1. The van der Waals surface area contributed by atoms with E-state index in [1.807, 2.05) is 13.8 Å². The lowest BCUT2D eigenvalue weighted by molar-refractivity contribution is -0.120. The maximum absolute atomic E-state index is 11.8. The van der Waals surface area contributed by atoms with Gasteiger partial charge in [-0.3, -0.25) is 9.59 Å². The molecular weight excluding hydrogens is 218 g/mol. The minimum absolute atomic E-state index is 0.0866. The number of aryl methyl sites for hydroxylation is 1. The van der Waals surface area contributed by atoms with E-state index >= 15 is 0 Å². The van der Waals surface area contributed by atoms with Gasteiger partial charge in [0.25, 0.3) is 5.56 Å². The lowest BCUT2D eigenvalue weighted by Crippen LogP contribution is -2.47. The fraction of sp³-hybridized carbons (Fsp3) is 0.500. The summed E-state index contributed by atoms with van der Waals surface area (Å²) in [5, 5.41) is 2.71. The molecule has 0 saturated heterocycles. The van der Waals surface area contributed by atoms with Crippen molar-refractivity contribution < 1.29 is 4.79 Å². The van der Waals surface area contributed by atoms with Gasteiger partial charge in [-0.25, -0.2) is 0 Å². The molecular formula is C12H19N3O2. The predicted octanol–water partition coefficient (Wildman–Crippen LogP) is 0.934. The monoisotopic (exact) mass is 237 g/mol. The molecule has 1 amide bonds. The number of pyridine rings is 1. The number of hydrogen-bond acceptors (Lipinski definition) is 3. The molecule has 5 heteroatoms. The van der Waals surface area contributed by atoms with E-state index in [0.717, 1.165) is 0 Å². The van der Waals surface area contributed by atoms with Gasteiger partial charge in [0, 0.05) is 18.8 Å². The number of aromatic nitrogens is 1. The first-order valence-corrected chi connectivity index (χ1v) is 5.71. The van der Waals surface area contributed by atoms with Gasteiger partial charge in [0.05, 0.1) is 11.2 Å². The maximum atomic E-state index is 11.8. The van der Waals surface area contributed by atoms with Crippen molar-refractivity contribution in [3.05, 3.63) is 28.7 Å². The minimum Gasteiger partial charge on any atom is -0.323 e. The molecule has 0 saturated carbocycles. The number of nitrogens with two attached hydrogens (primary N) is 1. The van der Waals surface area contributed by atoms with Crippen molar-refractivity contribution in [1.82, 2.24) is 4.57 Å². The van der Waals surface area contributed by atoms with Crippen molar-refractivity contribution in [1.29, 1.82) is 0 Å². The summed E-state index contributed by atoms with van der Waals surface area (Å²) in [5.41, 5.74) is 5.43. The fourth-order valence-electron chi connectivity index (χ4n) is 1.29. The van der Waals surface area contributed by atoms with Crippen LogP contribution in [0.25, 0.3) is 0 Å². The number of nitrogens with one attached hydrogen (secondary N) is 1. The predicted molar refractivity (Wildman–Crippen MR) is 67.9 cm³/mol. The van der Waals surface area contributed by atoms with Crippen LogP contribution in [0, 0.1) is 0 Å². The van der Waals surface area contributed by atoms with Gasteiger partial charge in [-0.15, -0.1) is 0 Å². The Hall–Kier alpha value is -1.62. The van der Waals surface area contributed by atoms with Crippen LogP contribution in [0.1, 0.15) is 27.2 Å². The third kappa shape index (κ3) is 3.17. The van der Waals surface area contributed by atoms with Gasteiger partial charge in [-0.05, 0) is 26.3 Å². The Bertz CT molecular complexity index is 463. The standard InChI is InChI=1S/C12H19N3O2/c1-4-12(3,13)11(17)14-9-6-7-10(16)15(5-2)8-9/h6-8H,4-5,13H2,1-3H3,(H,14,17). The lowest BCUT2D eigenvalue weighted by Gasteiger charge is -2.21. The summed E-state index contributed by atoms with van der Waals surface area (Å²) < 4.78 is 1.52. The zero-order chi connectivity index (χ0) is 13.1. The Morgan fingerprint density at radius 2 is 2.12 bits per heavy atom. The summed E-state index contributed by atoms with van der Waals surface area (Å²) in [7, 11) is 0. The molecule has 0 aromatic carbocycles. The first kappa shape index (κ1) is 13.4. The van der Waals surface area contributed by atoms with Gasteiger partial charge in [0.1, 0.15) is 0 Å². The van der Waals surface area contributed by atoms with Crippen LogP contribution in [0.4, 0.5) is 5.69 Å². The highest BCUT2D eigenvalue weighted by molar-refractivity contribution is 5.97. The third-order valence-electron chi connectivity index (χ3n) is 2.84. The molecule has 17 heavy (non-hydrogen) atoms. The molecule has 3 N–H and O–H groups in total. The summed E-state index contributed by atoms with van der Waals surface area (Å²) in [6.45, 7) is 5.97. The first-order valence-electron chi connectivity index (χ1n) is 5.71. The van der Waals surface area contributed by atoms with Crippen molar-refractivity contribution in [2.45, 2.75) is 39.3 Å². The molecule has 0 aliphatic heterocycles. The molecule has 1 unspecified atom stereocenters. The van der Waals surface area contributed by atoms with Gasteiger partial charge >= 0.3 is 0 Å². The van der Waals surface area contributed by atoms with E-state index in [9.17, 15) is 9.59 Å². The Kier molecular flexibility index (Phi) is 4.07. The number of nitrogens with zero attached hydrogens (tertiary/aromatic N) is 1. The SMILES string of the molecule is CCn1cc(NC(=O)C(C)(N)CC)ccc1=O. The Balaban J connectivity index is 2.90. The second kappa shape index (κ2) is 5.14. The number of amides is 1. The molecule has 0 fully saturated rings. The summed E-state index contributed by atoms with van der Waals surface area (Å²) in [5.74, 6) is -0.249. The average molecular weight is 237 g/mol. The highest BCUT2D eigenvalue weighted by Crippen LogP contribution is 2.10. The van der Waals surface area contributed by atoms with Crippen LogP contribution in [0.3, 0.4) is 0 Å². The Morgan fingerprint density at radius 3 is 2.65 bits per heavy atom. The number of rotatable bonds is 4. The summed E-state index contributed by atoms with van der Waals surface area (Å²) in [6, 6.07) is 3.01. The number of hydrogen-bond donors (Lipinski definition) is 2. The highest BCUT2D eigenvalue weighted by atomic mass is 16.2. The summed E-state index contributed by atoms with van der Waals surface area (Å²) >= 11 is 0. The summed E-state index contributed by atoms with van der Waals surface area (Å²) in [4.78, 5) is 23.2. The van der Waals surface area contributed by atoms with E-state index in [1.165, 1.54) is 10.6 Å². The van der Waals surface area contributed by atoms with Gasteiger partial charge in [0.2, 0.25) is 5.91 Å². The van der Waals surface area contributed by atoms with E-state index in [2.05, 4.69) is 5.32 Å². The van der Waals surface area contributed by atoms with Crippen molar-refractivity contribution in [2.75, 3.05) is 5.32 Å². The molecule has 5 nitrogen and oxygen atoms in total. The van der Waals surface area contributed by atoms with Crippen LogP contribution in [0.5, 0.6) is 0 Å². The minimum atomic E-state index is -0.896. The van der Waals surface area contributed by atoms with E-state index < -0.39 is 5.54 Å².